The fourth-order valence-corrected chi connectivity index (χ4v) is 6.94. The molecule has 0 spiro atoms. The van der Waals surface area contributed by atoms with Crippen LogP contribution in [0.3, 0.4) is 0 Å². The van der Waals surface area contributed by atoms with Crippen molar-refractivity contribution in [2.45, 2.75) is 82.5 Å². The Morgan fingerprint density at radius 1 is 1.11 bits per heavy atom. The molecule has 1 aliphatic carbocycles. The van der Waals surface area contributed by atoms with Gasteiger partial charge in [-0.2, -0.15) is 11.8 Å². The van der Waals surface area contributed by atoms with Gasteiger partial charge in [-0.15, -0.1) is 0 Å². The van der Waals surface area contributed by atoms with Gasteiger partial charge in [0, 0.05) is 34.1 Å². The van der Waals surface area contributed by atoms with Gasteiger partial charge in [0.1, 0.15) is 5.52 Å². The molecule has 1 aromatic heterocycles. The summed E-state index contributed by atoms with van der Waals surface area (Å²) in [5.74, 6) is 2.15. The number of hydrogen-bond donors (Lipinski definition) is 1. The molecule has 1 N–H and O–H groups in total. The lowest BCUT2D eigenvalue weighted by Gasteiger charge is -2.41. The Bertz CT molecular complexity index is 1250. The van der Waals surface area contributed by atoms with E-state index in [1.54, 1.807) is 11.8 Å². The highest BCUT2D eigenvalue weighted by Crippen LogP contribution is 2.40. The molecule has 37 heavy (non-hydrogen) atoms. The Morgan fingerprint density at radius 3 is 2.49 bits per heavy atom. The van der Waals surface area contributed by atoms with Gasteiger partial charge in [-0.3, -0.25) is 0 Å². The van der Waals surface area contributed by atoms with Crippen LogP contribution in [-0.4, -0.2) is 36.7 Å². The van der Waals surface area contributed by atoms with Gasteiger partial charge >= 0.3 is 0 Å². The molecule has 0 amide bonds. The van der Waals surface area contributed by atoms with Gasteiger partial charge in [0.05, 0.1) is 10.6 Å². The van der Waals surface area contributed by atoms with E-state index >= 15 is 0 Å². The third-order valence-corrected chi connectivity index (χ3v) is 13.6. The molecule has 0 aliphatic heterocycles. The smallest absolute Gasteiger partial charge is 0.227 e. The number of hydrogen-bond acceptors (Lipinski definition) is 6. The number of benzene rings is 2. The lowest BCUT2D eigenvalue weighted by Crippen LogP contribution is -2.45. The largest absolute Gasteiger partial charge is 0.487 e. The van der Waals surface area contributed by atoms with Gasteiger partial charge < -0.3 is 14.5 Å². The second-order valence-corrected chi connectivity index (χ2v) is 18.2. The van der Waals surface area contributed by atoms with Crippen molar-refractivity contribution < 1.29 is 9.16 Å². The number of rotatable bonds is 8. The zero-order valence-electron chi connectivity index (χ0n) is 22.5. The van der Waals surface area contributed by atoms with Gasteiger partial charge in [-0.25, -0.2) is 9.97 Å². The van der Waals surface area contributed by atoms with Crippen LogP contribution in [0.15, 0.2) is 41.0 Å². The lowest BCUT2D eigenvalue weighted by atomic mass is 9.95. The molecule has 0 radical (unpaired) electrons. The Labute approximate surface area is 239 Å². The molecule has 9 heteroatoms. The third kappa shape index (κ3) is 7.01. The van der Waals surface area contributed by atoms with E-state index in [0.717, 1.165) is 68.8 Å². The van der Waals surface area contributed by atoms with E-state index in [1.165, 1.54) is 0 Å². The highest BCUT2D eigenvalue weighted by atomic mass is 79.9. The van der Waals surface area contributed by atoms with Crippen LogP contribution < -0.4 is 10.1 Å². The van der Waals surface area contributed by atoms with Crippen molar-refractivity contribution in [2.75, 3.05) is 11.6 Å². The zero-order chi connectivity index (χ0) is 26.8. The van der Waals surface area contributed by atoms with Crippen molar-refractivity contribution in [1.29, 1.82) is 0 Å². The topological polar surface area (TPSA) is 56.3 Å². The summed E-state index contributed by atoms with van der Waals surface area (Å²) in [6.45, 7) is 11.6. The van der Waals surface area contributed by atoms with Crippen LogP contribution in [0, 0.1) is 0 Å². The van der Waals surface area contributed by atoms with Crippen LogP contribution in [0.5, 0.6) is 5.75 Å². The number of nitrogens with one attached hydrogen (secondary N) is 1. The van der Waals surface area contributed by atoms with Crippen LogP contribution in [0.25, 0.3) is 10.9 Å². The van der Waals surface area contributed by atoms with Gasteiger partial charge in [0.25, 0.3) is 0 Å². The summed E-state index contributed by atoms with van der Waals surface area (Å²) in [5, 5.41) is 5.27. The zero-order valence-corrected chi connectivity index (χ0v) is 26.7. The number of ether oxygens (including phenoxy) is 1. The summed E-state index contributed by atoms with van der Waals surface area (Å²) in [6, 6.07) is 9.93. The van der Waals surface area contributed by atoms with Crippen LogP contribution in [0.4, 0.5) is 11.6 Å². The molecule has 0 atom stereocenters. The van der Waals surface area contributed by atoms with Gasteiger partial charge in [-0.05, 0) is 102 Å². The molecule has 2 aromatic carbocycles. The van der Waals surface area contributed by atoms with Crippen molar-refractivity contribution in [3.8, 4) is 5.75 Å². The monoisotopic (exact) mass is 621 g/mol. The van der Waals surface area contributed by atoms with Gasteiger partial charge in [0.2, 0.25) is 5.95 Å². The number of thioether (sulfide) groups is 1. The first-order valence-corrected chi connectivity index (χ1v) is 18.3. The summed E-state index contributed by atoms with van der Waals surface area (Å²) in [5.41, 5.74) is 2.79. The number of nitrogens with zero attached hydrogens (tertiary/aromatic N) is 2. The molecule has 0 unspecified atom stereocenters. The van der Waals surface area contributed by atoms with E-state index in [0.29, 0.717) is 12.1 Å². The van der Waals surface area contributed by atoms with Crippen LogP contribution in [0.1, 0.15) is 52.0 Å². The minimum Gasteiger partial charge on any atom is -0.487 e. The van der Waals surface area contributed by atoms with Crippen molar-refractivity contribution in [3.05, 3.63) is 51.6 Å². The highest BCUT2D eigenvalue weighted by Gasteiger charge is 2.40. The van der Waals surface area contributed by atoms with Crippen LogP contribution in [0.2, 0.25) is 23.2 Å². The summed E-state index contributed by atoms with van der Waals surface area (Å²) < 4.78 is 14.2. The Balaban J connectivity index is 1.49. The third-order valence-electron chi connectivity index (χ3n) is 7.43. The summed E-state index contributed by atoms with van der Waals surface area (Å²) >= 11 is 11.8. The second-order valence-electron chi connectivity index (χ2n) is 11.3. The molecular formula is C28H37BrClN3O2SSi. The molecule has 1 fully saturated rings. The maximum atomic E-state index is 6.67. The van der Waals surface area contributed by atoms with E-state index in [-0.39, 0.29) is 11.1 Å². The fraction of sp³-hybridized carbons (Fsp3) is 0.500. The molecule has 1 heterocycles. The molecule has 3 aromatic rings. The first kappa shape index (κ1) is 28.7. The van der Waals surface area contributed by atoms with E-state index in [2.05, 4.69) is 72.4 Å². The predicted octanol–water partition coefficient (Wildman–Crippen LogP) is 9.36. The molecule has 1 aliphatic rings. The standard InChI is InChI=1S/C28H37BrClN3O2SSi/c1-28(2,3)37(5,6)35-22-11-9-21(10-12-22)34-26-23(29)13-7-18-16-31-27(33-25(18)26)32-20-8-14-24(30)19(15-20)17-36-4/h7-8,13-16,21-22H,9-12,17H2,1-6H3,(H,31,32,33)/t21-,22+. The fourth-order valence-electron chi connectivity index (χ4n) is 4.29. The summed E-state index contributed by atoms with van der Waals surface area (Å²) in [6.07, 6.45) is 8.36. The van der Waals surface area contributed by atoms with Crippen LogP contribution in [-0.2, 0) is 10.2 Å². The van der Waals surface area contributed by atoms with Gasteiger partial charge in [0.15, 0.2) is 14.1 Å². The second kappa shape index (κ2) is 11.8. The van der Waals surface area contributed by atoms with Crippen molar-refractivity contribution in [2.24, 2.45) is 0 Å². The average molecular weight is 623 g/mol. The normalized spacial score (nSPS) is 18.7. The molecule has 1 saturated carbocycles. The SMILES string of the molecule is CSCc1cc(Nc2ncc3ccc(Br)c(O[C@H]4CC[C@@H](O[Si](C)(C)C(C)(C)C)CC4)c3n2)ccc1Cl. The first-order valence-electron chi connectivity index (χ1n) is 12.8. The predicted molar refractivity (Wildman–Crippen MR) is 164 cm³/mol. The van der Waals surface area contributed by atoms with E-state index < -0.39 is 8.32 Å². The van der Waals surface area contributed by atoms with Crippen molar-refractivity contribution >= 4 is 70.1 Å². The Morgan fingerprint density at radius 2 is 1.81 bits per heavy atom. The Kier molecular flexibility index (Phi) is 9.16. The summed E-state index contributed by atoms with van der Waals surface area (Å²) in [7, 11) is -1.76. The number of fused-ring (bicyclic) bond motifs is 1. The average Bonchev–Trinajstić information content (AvgIpc) is 2.83. The molecular weight excluding hydrogens is 586 g/mol. The minimum absolute atomic E-state index is 0.137. The number of anilines is 2. The van der Waals surface area contributed by atoms with E-state index in [1.807, 2.05) is 30.5 Å². The van der Waals surface area contributed by atoms with E-state index in [9.17, 15) is 0 Å². The highest BCUT2D eigenvalue weighted by molar-refractivity contribution is 9.10. The number of aromatic nitrogens is 2. The van der Waals surface area contributed by atoms with Crippen molar-refractivity contribution in [1.82, 2.24) is 9.97 Å². The maximum absolute atomic E-state index is 6.67. The molecule has 4 rings (SSSR count). The lowest BCUT2D eigenvalue weighted by molar-refractivity contribution is 0.0729. The van der Waals surface area contributed by atoms with Crippen molar-refractivity contribution in [3.63, 3.8) is 0 Å². The van der Waals surface area contributed by atoms with Crippen LogP contribution >= 0.6 is 39.3 Å². The molecule has 0 saturated heterocycles. The summed E-state index contributed by atoms with van der Waals surface area (Å²) in [4.78, 5) is 9.39. The first-order chi connectivity index (χ1) is 17.5. The number of halogens is 2. The minimum atomic E-state index is -1.76. The molecule has 5 nitrogen and oxygen atoms in total. The Hall–Kier alpha value is -1.32. The quantitative estimate of drug-likeness (QED) is 0.253. The van der Waals surface area contributed by atoms with E-state index in [4.69, 9.17) is 25.7 Å². The molecule has 0 bridgehead atoms. The maximum Gasteiger partial charge on any atom is 0.227 e. The van der Waals surface area contributed by atoms with Gasteiger partial charge in [-0.1, -0.05) is 32.4 Å². The molecule has 200 valence electrons.